The van der Waals surface area contributed by atoms with Gasteiger partial charge in [-0.05, 0) is 24.0 Å². The lowest BCUT2D eigenvalue weighted by molar-refractivity contribution is -0.222. The van der Waals surface area contributed by atoms with Crippen LogP contribution in [0.3, 0.4) is 0 Å². The summed E-state index contributed by atoms with van der Waals surface area (Å²) in [6, 6.07) is 7.70. The smallest absolute Gasteiger partial charge is 0.349 e. The number of aryl methyl sites for hydroxylation is 1. The summed E-state index contributed by atoms with van der Waals surface area (Å²) in [5.74, 6) is -2.50. The summed E-state index contributed by atoms with van der Waals surface area (Å²) in [6.45, 7) is 5.00. The molecule has 1 saturated heterocycles. The Bertz CT molecular complexity index is 538. The molecule has 19 heavy (non-hydrogen) atoms. The number of carbonyl (C=O) groups is 2. The first-order valence-electron chi connectivity index (χ1n) is 5.78. The third kappa shape index (κ3) is 3.17. The number of ether oxygens (including phenoxy) is 2. The average molecular weight is 278 g/mol. The van der Waals surface area contributed by atoms with E-state index in [4.69, 9.17) is 9.47 Å². The van der Waals surface area contributed by atoms with Crippen LogP contribution < -0.4 is 0 Å². The topological polar surface area (TPSA) is 52.6 Å². The zero-order valence-electron chi connectivity index (χ0n) is 10.9. The molecule has 0 aliphatic carbocycles. The van der Waals surface area contributed by atoms with E-state index in [-0.39, 0.29) is 5.57 Å². The van der Waals surface area contributed by atoms with Crippen molar-refractivity contribution in [1.29, 1.82) is 0 Å². The Morgan fingerprint density at radius 1 is 1.11 bits per heavy atom. The van der Waals surface area contributed by atoms with Crippen LogP contribution in [0, 0.1) is 6.92 Å². The van der Waals surface area contributed by atoms with Crippen LogP contribution in [0.25, 0.3) is 0 Å². The summed E-state index contributed by atoms with van der Waals surface area (Å²) in [4.78, 5) is 24.4. The maximum absolute atomic E-state index is 11.7. The lowest BCUT2D eigenvalue weighted by atomic mass is 10.2. The van der Waals surface area contributed by atoms with Crippen LogP contribution in [0.15, 0.2) is 40.1 Å². The Morgan fingerprint density at radius 3 is 2.26 bits per heavy atom. The van der Waals surface area contributed by atoms with E-state index in [9.17, 15) is 9.59 Å². The summed E-state index contributed by atoms with van der Waals surface area (Å²) in [5.41, 5.74) is 0.995. The second-order valence-corrected chi connectivity index (χ2v) is 5.50. The molecule has 0 amide bonds. The summed E-state index contributed by atoms with van der Waals surface area (Å²) in [5, 5.41) is 1.47. The van der Waals surface area contributed by atoms with Gasteiger partial charge in [0, 0.05) is 18.7 Å². The lowest BCUT2D eigenvalue weighted by Crippen LogP contribution is -2.41. The molecule has 0 saturated carbocycles. The standard InChI is InChI=1S/C14H14O4S/c1-9-6-4-5-7-11(9)19-8-10-12(15)17-14(2,3)18-13(10)16/h4-8H,1-3H3. The van der Waals surface area contributed by atoms with Crippen molar-refractivity contribution in [3.63, 3.8) is 0 Å². The zero-order valence-corrected chi connectivity index (χ0v) is 11.7. The molecule has 0 spiro atoms. The van der Waals surface area contributed by atoms with Crippen LogP contribution >= 0.6 is 11.8 Å². The summed E-state index contributed by atoms with van der Waals surface area (Å²) in [7, 11) is 0. The van der Waals surface area contributed by atoms with Crippen molar-refractivity contribution in [2.75, 3.05) is 0 Å². The molecule has 0 unspecified atom stereocenters. The minimum atomic E-state index is -1.20. The number of carbonyl (C=O) groups excluding carboxylic acids is 2. The van der Waals surface area contributed by atoms with Crippen molar-refractivity contribution >= 4 is 23.7 Å². The lowest BCUT2D eigenvalue weighted by Gasteiger charge is -2.29. The minimum Gasteiger partial charge on any atom is -0.419 e. The Kier molecular flexibility index (Phi) is 3.66. The zero-order chi connectivity index (χ0) is 14.0. The van der Waals surface area contributed by atoms with Gasteiger partial charge in [0.25, 0.3) is 5.79 Å². The van der Waals surface area contributed by atoms with Gasteiger partial charge in [-0.1, -0.05) is 30.0 Å². The molecular weight excluding hydrogens is 264 g/mol. The highest BCUT2D eigenvalue weighted by Gasteiger charge is 2.38. The summed E-state index contributed by atoms with van der Waals surface area (Å²) >= 11 is 1.30. The first-order chi connectivity index (χ1) is 8.89. The minimum absolute atomic E-state index is 0.0763. The summed E-state index contributed by atoms with van der Waals surface area (Å²) in [6.07, 6.45) is 0. The van der Waals surface area contributed by atoms with Crippen LogP contribution in [0.1, 0.15) is 19.4 Å². The fourth-order valence-electron chi connectivity index (χ4n) is 1.57. The normalized spacial score (nSPS) is 17.7. The van der Waals surface area contributed by atoms with E-state index in [2.05, 4.69) is 0 Å². The third-order valence-electron chi connectivity index (χ3n) is 2.51. The van der Waals surface area contributed by atoms with E-state index >= 15 is 0 Å². The number of cyclic esters (lactones) is 2. The Labute approximate surface area is 115 Å². The molecule has 1 aliphatic rings. The monoisotopic (exact) mass is 278 g/mol. The van der Waals surface area contributed by atoms with E-state index in [1.165, 1.54) is 31.0 Å². The van der Waals surface area contributed by atoms with Crippen molar-refractivity contribution in [2.45, 2.75) is 31.5 Å². The van der Waals surface area contributed by atoms with Gasteiger partial charge in [-0.15, -0.1) is 0 Å². The maximum atomic E-state index is 11.7. The molecule has 2 rings (SSSR count). The highest BCUT2D eigenvalue weighted by Crippen LogP contribution is 2.28. The van der Waals surface area contributed by atoms with Crippen LogP contribution in [0.5, 0.6) is 0 Å². The molecule has 1 aliphatic heterocycles. The molecule has 1 heterocycles. The fourth-order valence-corrected chi connectivity index (χ4v) is 2.42. The molecule has 0 radical (unpaired) electrons. The molecule has 0 atom stereocenters. The second-order valence-electron chi connectivity index (χ2n) is 4.59. The molecule has 0 aromatic heterocycles. The number of benzene rings is 1. The predicted molar refractivity (Wildman–Crippen MR) is 71.4 cm³/mol. The van der Waals surface area contributed by atoms with E-state index in [0.29, 0.717) is 0 Å². The Hall–Kier alpha value is -1.75. The third-order valence-corrected chi connectivity index (χ3v) is 3.58. The molecule has 1 fully saturated rings. The van der Waals surface area contributed by atoms with Crippen molar-refractivity contribution < 1.29 is 19.1 Å². The van der Waals surface area contributed by atoms with Crippen molar-refractivity contribution in [3.8, 4) is 0 Å². The molecule has 5 heteroatoms. The van der Waals surface area contributed by atoms with E-state index < -0.39 is 17.7 Å². The van der Waals surface area contributed by atoms with E-state index in [1.54, 1.807) is 0 Å². The summed E-state index contributed by atoms with van der Waals surface area (Å²) < 4.78 is 10.0. The van der Waals surface area contributed by atoms with Gasteiger partial charge >= 0.3 is 11.9 Å². The van der Waals surface area contributed by atoms with Crippen molar-refractivity contribution in [3.05, 3.63) is 40.8 Å². The van der Waals surface area contributed by atoms with Gasteiger partial charge in [-0.3, -0.25) is 0 Å². The van der Waals surface area contributed by atoms with Crippen molar-refractivity contribution in [1.82, 2.24) is 0 Å². The fraction of sp³-hybridized carbons (Fsp3) is 0.286. The highest BCUT2D eigenvalue weighted by molar-refractivity contribution is 8.02. The largest absolute Gasteiger partial charge is 0.419 e. The first kappa shape index (κ1) is 13.7. The molecule has 1 aromatic rings. The van der Waals surface area contributed by atoms with Crippen LogP contribution in [0.2, 0.25) is 0 Å². The quantitative estimate of drug-likeness (QED) is 0.360. The maximum Gasteiger partial charge on any atom is 0.349 e. The van der Waals surface area contributed by atoms with Gasteiger partial charge in [0.15, 0.2) is 5.57 Å². The van der Waals surface area contributed by atoms with Crippen LogP contribution in [0.4, 0.5) is 0 Å². The molecular formula is C14H14O4S. The average Bonchev–Trinajstić information content (AvgIpc) is 2.28. The van der Waals surface area contributed by atoms with Gasteiger partial charge in [0.2, 0.25) is 0 Å². The molecule has 0 bridgehead atoms. The van der Waals surface area contributed by atoms with Gasteiger partial charge in [-0.2, -0.15) is 0 Å². The predicted octanol–water partition coefficient (Wildman–Crippen LogP) is 2.81. The Balaban J connectivity index is 2.18. The SMILES string of the molecule is Cc1ccccc1SC=C1C(=O)OC(C)(C)OC1=O. The van der Waals surface area contributed by atoms with Gasteiger partial charge in [-0.25, -0.2) is 9.59 Å². The first-order valence-corrected chi connectivity index (χ1v) is 6.66. The van der Waals surface area contributed by atoms with E-state index in [1.807, 2.05) is 31.2 Å². The van der Waals surface area contributed by atoms with E-state index in [0.717, 1.165) is 10.5 Å². The number of thioether (sulfide) groups is 1. The van der Waals surface area contributed by atoms with Crippen molar-refractivity contribution in [2.24, 2.45) is 0 Å². The number of hydrogen-bond donors (Lipinski definition) is 0. The Morgan fingerprint density at radius 2 is 1.68 bits per heavy atom. The number of hydrogen-bond acceptors (Lipinski definition) is 5. The molecule has 1 aromatic carbocycles. The van der Waals surface area contributed by atoms with Gasteiger partial charge < -0.3 is 9.47 Å². The van der Waals surface area contributed by atoms with Gasteiger partial charge in [0.1, 0.15) is 0 Å². The number of rotatable bonds is 2. The van der Waals surface area contributed by atoms with Crippen LogP contribution in [-0.2, 0) is 19.1 Å². The van der Waals surface area contributed by atoms with Gasteiger partial charge in [0.05, 0.1) is 0 Å². The number of esters is 2. The second kappa shape index (κ2) is 5.09. The van der Waals surface area contributed by atoms with Crippen LogP contribution in [-0.4, -0.2) is 17.7 Å². The molecule has 0 N–H and O–H groups in total. The highest BCUT2D eigenvalue weighted by atomic mass is 32.2. The molecule has 100 valence electrons. The molecule has 4 nitrogen and oxygen atoms in total.